The summed E-state index contributed by atoms with van der Waals surface area (Å²) < 4.78 is 15.7. The minimum absolute atomic E-state index is 0.0692. The Morgan fingerprint density at radius 2 is 1.76 bits per heavy atom. The van der Waals surface area contributed by atoms with Crippen LogP contribution in [0, 0.1) is 12.3 Å². The minimum Gasteiger partial charge on any atom is -0.496 e. The Kier molecular flexibility index (Phi) is 6.41. The van der Waals surface area contributed by atoms with E-state index in [1.165, 1.54) is 21.3 Å². The van der Waals surface area contributed by atoms with Crippen LogP contribution in [0.4, 0.5) is 0 Å². The quantitative estimate of drug-likeness (QED) is 0.783. The van der Waals surface area contributed by atoms with Gasteiger partial charge in [0, 0.05) is 24.6 Å². The first kappa shape index (κ1) is 16.7. The van der Waals surface area contributed by atoms with Gasteiger partial charge >= 0.3 is 0 Å². The van der Waals surface area contributed by atoms with Crippen LogP contribution >= 0.6 is 0 Å². The van der Waals surface area contributed by atoms with Gasteiger partial charge in [-0.3, -0.25) is 4.79 Å². The number of amides is 1. The Morgan fingerprint density at radius 1 is 1.19 bits per heavy atom. The largest absolute Gasteiger partial charge is 0.496 e. The summed E-state index contributed by atoms with van der Waals surface area (Å²) in [4.78, 5) is 12.4. The lowest BCUT2D eigenvalue weighted by molar-refractivity contribution is 0.0933. The summed E-state index contributed by atoms with van der Waals surface area (Å²) in [5.74, 6) is 3.68. The van der Waals surface area contributed by atoms with Crippen LogP contribution in [0.25, 0.3) is 0 Å². The van der Waals surface area contributed by atoms with Crippen molar-refractivity contribution < 1.29 is 19.0 Å². The maximum Gasteiger partial charge on any atom is 0.255 e. The van der Waals surface area contributed by atoms with Crippen molar-refractivity contribution in [3.63, 3.8) is 0 Å². The van der Waals surface area contributed by atoms with Crippen molar-refractivity contribution >= 4 is 5.91 Å². The number of terminal acetylenes is 1. The number of nitrogens with one attached hydrogen (secondary N) is 1. The lowest BCUT2D eigenvalue weighted by Crippen LogP contribution is -2.34. The van der Waals surface area contributed by atoms with E-state index in [2.05, 4.69) is 11.2 Å². The van der Waals surface area contributed by atoms with Gasteiger partial charge in [0.05, 0.1) is 26.9 Å². The van der Waals surface area contributed by atoms with E-state index in [-0.39, 0.29) is 11.9 Å². The Morgan fingerprint density at radius 3 is 2.24 bits per heavy atom. The number of ether oxygens (including phenoxy) is 3. The maximum atomic E-state index is 12.4. The first-order valence-electron chi connectivity index (χ1n) is 6.65. The molecule has 1 rings (SSSR count). The van der Waals surface area contributed by atoms with E-state index in [0.717, 1.165) is 6.42 Å². The average Bonchev–Trinajstić information content (AvgIpc) is 2.52. The molecule has 0 aliphatic carbocycles. The molecular formula is C16H21NO4. The van der Waals surface area contributed by atoms with Gasteiger partial charge in [0.2, 0.25) is 0 Å². The summed E-state index contributed by atoms with van der Waals surface area (Å²) in [7, 11) is 4.53. The van der Waals surface area contributed by atoms with E-state index in [1.54, 1.807) is 12.1 Å². The van der Waals surface area contributed by atoms with Crippen LogP contribution in [0.15, 0.2) is 12.1 Å². The third-order valence-electron chi connectivity index (χ3n) is 3.14. The van der Waals surface area contributed by atoms with Gasteiger partial charge in [0.25, 0.3) is 5.91 Å². The molecule has 0 spiro atoms. The van der Waals surface area contributed by atoms with E-state index in [9.17, 15) is 4.79 Å². The van der Waals surface area contributed by atoms with Gasteiger partial charge < -0.3 is 19.5 Å². The summed E-state index contributed by atoms with van der Waals surface area (Å²) in [6, 6.07) is 3.14. The molecule has 0 aliphatic rings. The van der Waals surface area contributed by atoms with Crippen molar-refractivity contribution in [1.29, 1.82) is 0 Å². The molecule has 0 saturated carbocycles. The predicted molar refractivity (Wildman–Crippen MR) is 81.1 cm³/mol. The first-order valence-corrected chi connectivity index (χ1v) is 6.65. The minimum atomic E-state index is -0.255. The molecule has 0 heterocycles. The molecule has 0 bridgehead atoms. The highest BCUT2D eigenvalue weighted by molar-refractivity contribution is 5.98. The van der Waals surface area contributed by atoms with Gasteiger partial charge in [-0.1, -0.05) is 6.92 Å². The van der Waals surface area contributed by atoms with Crippen LogP contribution in [0.5, 0.6) is 17.2 Å². The van der Waals surface area contributed by atoms with E-state index in [4.69, 9.17) is 20.6 Å². The summed E-state index contributed by atoms with van der Waals surface area (Å²) >= 11 is 0. The maximum absolute atomic E-state index is 12.4. The Bertz CT molecular complexity index is 534. The van der Waals surface area contributed by atoms with Crippen LogP contribution in [-0.4, -0.2) is 33.3 Å². The molecule has 0 radical (unpaired) electrons. The number of hydrogen-bond acceptors (Lipinski definition) is 4. The third kappa shape index (κ3) is 4.06. The van der Waals surface area contributed by atoms with E-state index in [1.807, 2.05) is 6.92 Å². The molecule has 1 unspecified atom stereocenters. The fourth-order valence-corrected chi connectivity index (χ4v) is 1.91. The zero-order chi connectivity index (χ0) is 15.8. The summed E-state index contributed by atoms with van der Waals surface area (Å²) in [6.45, 7) is 1.97. The smallest absolute Gasteiger partial charge is 0.255 e. The molecule has 1 N–H and O–H groups in total. The molecule has 1 atom stereocenters. The van der Waals surface area contributed by atoms with E-state index < -0.39 is 0 Å². The number of benzene rings is 1. The van der Waals surface area contributed by atoms with Crippen LogP contribution in [0.1, 0.15) is 30.1 Å². The predicted octanol–water partition coefficient (Wildman–Crippen LogP) is 2.24. The topological polar surface area (TPSA) is 56.8 Å². The normalized spacial score (nSPS) is 11.2. The zero-order valence-corrected chi connectivity index (χ0v) is 12.9. The monoisotopic (exact) mass is 291 g/mol. The molecule has 5 nitrogen and oxygen atoms in total. The van der Waals surface area contributed by atoms with Gasteiger partial charge in [0.15, 0.2) is 11.5 Å². The molecule has 114 valence electrons. The highest BCUT2D eigenvalue weighted by Crippen LogP contribution is 2.34. The summed E-state index contributed by atoms with van der Waals surface area (Å²) in [5.41, 5.74) is 0.380. The Hall–Kier alpha value is -2.35. The highest BCUT2D eigenvalue weighted by atomic mass is 16.5. The van der Waals surface area contributed by atoms with Gasteiger partial charge in [0.1, 0.15) is 5.75 Å². The van der Waals surface area contributed by atoms with Crippen molar-refractivity contribution in [3.05, 3.63) is 17.7 Å². The van der Waals surface area contributed by atoms with Gasteiger partial charge in [-0.05, 0) is 6.42 Å². The van der Waals surface area contributed by atoms with Gasteiger partial charge in [-0.15, -0.1) is 12.3 Å². The Balaban J connectivity index is 3.10. The van der Waals surface area contributed by atoms with Crippen molar-refractivity contribution in [2.45, 2.75) is 25.8 Å². The third-order valence-corrected chi connectivity index (χ3v) is 3.14. The van der Waals surface area contributed by atoms with Crippen LogP contribution in [0.3, 0.4) is 0 Å². The van der Waals surface area contributed by atoms with Crippen molar-refractivity contribution in [2.75, 3.05) is 21.3 Å². The molecule has 5 heteroatoms. The number of rotatable bonds is 7. The number of methoxy groups -OCH3 is 3. The molecule has 0 saturated heterocycles. The molecule has 0 fully saturated rings. The Labute approximate surface area is 125 Å². The van der Waals surface area contributed by atoms with Gasteiger partial charge in [-0.25, -0.2) is 0 Å². The molecule has 1 aromatic carbocycles. The SMILES string of the molecule is C#CCC(CC)NC(=O)c1cc(OC)c(OC)cc1OC. The lowest BCUT2D eigenvalue weighted by atomic mass is 10.1. The fraction of sp³-hybridized carbons (Fsp3) is 0.438. The molecule has 21 heavy (non-hydrogen) atoms. The molecule has 0 aliphatic heterocycles. The number of hydrogen-bond donors (Lipinski definition) is 1. The molecule has 1 amide bonds. The van der Waals surface area contributed by atoms with Gasteiger partial charge in [-0.2, -0.15) is 0 Å². The molecular weight excluding hydrogens is 270 g/mol. The first-order chi connectivity index (χ1) is 10.1. The van der Waals surface area contributed by atoms with E-state index in [0.29, 0.717) is 29.2 Å². The standard InChI is InChI=1S/C16H21NO4/c1-6-8-11(7-2)17-16(18)12-9-14(20-4)15(21-5)10-13(12)19-3/h1,9-11H,7-8H2,2-5H3,(H,17,18). The number of carbonyl (C=O) groups excluding carboxylic acids is 1. The average molecular weight is 291 g/mol. The van der Waals surface area contributed by atoms with Crippen LogP contribution < -0.4 is 19.5 Å². The lowest BCUT2D eigenvalue weighted by Gasteiger charge is -2.17. The highest BCUT2D eigenvalue weighted by Gasteiger charge is 2.19. The van der Waals surface area contributed by atoms with E-state index >= 15 is 0 Å². The van der Waals surface area contributed by atoms with Crippen molar-refractivity contribution in [2.24, 2.45) is 0 Å². The summed E-state index contributed by atoms with van der Waals surface area (Å²) in [5, 5.41) is 2.89. The molecule has 1 aromatic rings. The molecule has 0 aromatic heterocycles. The number of carbonyl (C=O) groups is 1. The summed E-state index contributed by atoms with van der Waals surface area (Å²) in [6.07, 6.45) is 6.54. The fourth-order valence-electron chi connectivity index (χ4n) is 1.91. The van der Waals surface area contributed by atoms with Crippen LogP contribution in [0.2, 0.25) is 0 Å². The second-order valence-corrected chi connectivity index (χ2v) is 4.39. The second-order valence-electron chi connectivity index (χ2n) is 4.39. The van der Waals surface area contributed by atoms with Crippen molar-refractivity contribution in [1.82, 2.24) is 5.32 Å². The van der Waals surface area contributed by atoms with Crippen LogP contribution in [-0.2, 0) is 0 Å². The zero-order valence-electron chi connectivity index (χ0n) is 12.9. The van der Waals surface area contributed by atoms with Crippen molar-refractivity contribution in [3.8, 4) is 29.6 Å². The second kappa shape index (κ2) is 8.05.